The van der Waals surface area contributed by atoms with E-state index in [0.717, 1.165) is 5.57 Å². The van der Waals surface area contributed by atoms with Crippen LogP contribution in [-0.4, -0.2) is 5.91 Å². The molecule has 0 saturated heterocycles. The maximum absolute atomic E-state index is 10.2. The molecule has 0 fully saturated rings. The number of amides is 1. The van der Waals surface area contributed by atoms with Crippen molar-refractivity contribution in [2.75, 3.05) is 0 Å². The molecular formula is C10H11NO. The van der Waals surface area contributed by atoms with Crippen molar-refractivity contribution in [1.82, 2.24) is 0 Å². The van der Waals surface area contributed by atoms with Gasteiger partial charge in [-0.25, -0.2) is 0 Å². The fourth-order valence-corrected chi connectivity index (χ4v) is 0.537. The van der Waals surface area contributed by atoms with Gasteiger partial charge in [0.15, 0.2) is 0 Å². The van der Waals surface area contributed by atoms with E-state index >= 15 is 0 Å². The zero-order valence-electron chi connectivity index (χ0n) is 6.95. The number of terminal acetylenes is 1. The molecule has 62 valence electrons. The highest BCUT2D eigenvalue weighted by Gasteiger charge is 1.80. The number of primary amides is 1. The van der Waals surface area contributed by atoms with E-state index in [1.807, 2.05) is 6.92 Å². The average Bonchev–Trinajstić information content (AvgIpc) is 2.04. The molecule has 0 aromatic carbocycles. The van der Waals surface area contributed by atoms with Gasteiger partial charge in [0.1, 0.15) is 0 Å². The molecular weight excluding hydrogens is 150 g/mol. The summed E-state index contributed by atoms with van der Waals surface area (Å²) in [7, 11) is 0. The van der Waals surface area contributed by atoms with Crippen LogP contribution in [0.3, 0.4) is 0 Å². The molecule has 0 rings (SSSR count). The van der Waals surface area contributed by atoms with Crippen molar-refractivity contribution in [3.8, 4) is 12.3 Å². The molecule has 0 saturated carbocycles. The Morgan fingerprint density at radius 3 is 2.42 bits per heavy atom. The van der Waals surface area contributed by atoms with Gasteiger partial charge in [-0.3, -0.25) is 4.79 Å². The van der Waals surface area contributed by atoms with Crippen LogP contribution >= 0.6 is 0 Å². The van der Waals surface area contributed by atoms with Crippen LogP contribution in [0.25, 0.3) is 0 Å². The van der Waals surface area contributed by atoms with E-state index in [0.29, 0.717) is 0 Å². The second-order valence-corrected chi connectivity index (χ2v) is 2.01. The highest BCUT2D eigenvalue weighted by atomic mass is 16.1. The van der Waals surface area contributed by atoms with Crippen LogP contribution in [0.1, 0.15) is 6.92 Å². The molecule has 0 aromatic rings. The molecule has 0 aliphatic heterocycles. The first kappa shape index (κ1) is 10.2. The molecule has 2 N–H and O–H groups in total. The Bertz CT molecular complexity index is 277. The summed E-state index contributed by atoms with van der Waals surface area (Å²) in [5.41, 5.74) is 5.63. The van der Waals surface area contributed by atoms with Gasteiger partial charge in [-0.2, -0.15) is 0 Å². The summed E-state index contributed by atoms with van der Waals surface area (Å²) < 4.78 is 0. The summed E-state index contributed by atoms with van der Waals surface area (Å²) in [6, 6.07) is 0. The minimum absolute atomic E-state index is 0.470. The molecule has 0 bridgehead atoms. The second kappa shape index (κ2) is 5.99. The van der Waals surface area contributed by atoms with Gasteiger partial charge in [0, 0.05) is 11.6 Å². The Labute approximate surface area is 72.5 Å². The van der Waals surface area contributed by atoms with Gasteiger partial charge in [0.25, 0.3) is 0 Å². The van der Waals surface area contributed by atoms with Crippen LogP contribution in [-0.2, 0) is 4.79 Å². The molecule has 0 aromatic heterocycles. The predicted octanol–water partition coefficient (Wildman–Crippen LogP) is 1.16. The smallest absolute Gasteiger partial charge is 0.241 e. The Kier molecular flexibility index (Phi) is 5.12. The summed E-state index contributed by atoms with van der Waals surface area (Å²) in [5, 5.41) is 0. The van der Waals surface area contributed by atoms with Crippen LogP contribution in [0.15, 0.2) is 36.0 Å². The molecule has 0 aliphatic carbocycles. The van der Waals surface area contributed by atoms with Crippen molar-refractivity contribution >= 4 is 5.91 Å². The fraction of sp³-hybridized carbons (Fsp3) is 0.100. The summed E-state index contributed by atoms with van der Waals surface area (Å²) >= 11 is 0. The quantitative estimate of drug-likeness (QED) is 0.377. The number of hydrogen-bond donors (Lipinski definition) is 1. The van der Waals surface area contributed by atoms with Crippen molar-refractivity contribution < 1.29 is 4.79 Å². The number of hydrogen-bond acceptors (Lipinski definition) is 1. The third-order valence-electron chi connectivity index (χ3n) is 1.13. The van der Waals surface area contributed by atoms with E-state index in [9.17, 15) is 4.79 Å². The lowest BCUT2D eigenvalue weighted by Crippen LogP contribution is -2.04. The first-order chi connectivity index (χ1) is 5.70. The van der Waals surface area contributed by atoms with Crippen LogP contribution in [0.4, 0.5) is 0 Å². The Balaban J connectivity index is 4.10. The summed E-state index contributed by atoms with van der Waals surface area (Å²) in [4.78, 5) is 10.2. The lowest BCUT2D eigenvalue weighted by atomic mass is 10.2. The number of rotatable bonds is 3. The van der Waals surface area contributed by atoms with E-state index in [1.54, 1.807) is 24.3 Å². The number of allylic oxidation sites excluding steroid dienone is 5. The Morgan fingerprint density at radius 2 is 2.00 bits per heavy atom. The fourth-order valence-electron chi connectivity index (χ4n) is 0.537. The maximum atomic E-state index is 10.2. The zero-order chi connectivity index (χ0) is 9.40. The van der Waals surface area contributed by atoms with Crippen molar-refractivity contribution in [3.05, 3.63) is 36.0 Å². The molecule has 1 amide bonds. The third-order valence-corrected chi connectivity index (χ3v) is 1.13. The molecule has 0 atom stereocenters. The summed E-state index contributed by atoms with van der Waals surface area (Å²) in [6.07, 6.45) is 13.1. The highest BCUT2D eigenvalue weighted by Crippen LogP contribution is 1.93. The minimum Gasteiger partial charge on any atom is -0.366 e. The number of carbonyl (C=O) groups excluding carboxylic acids is 1. The zero-order valence-corrected chi connectivity index (χ0v) is 6.95. The SMILES string of the molecule is C#CC(/C=C\C=C\C(N)=O)=C/C. The molecule has 0 unspecified atom stereocenters. The second-order valence-electron chi connectivity index (χ2n) is 2.01. The predicted molar refractivity (Wildman–Crippen MR) is 50.1 cm³/mol. The molecule has 2 heteroatoms. The Morgan fingerprint density at radius 1 is 1.42 bits per heavy atom. The molecule has 2 nitrogen and oxygen atoms in total. The van der Waals surface area contributed by atoms with E-state index in [1.165, 1.54) is 6.08 Å². The van der Waals surface area contributed by atoms with Crippen LogP contribution in [0.5, 0.6) is 0 Å². The van der Waals surface area contributed by atoms with Crippen LogP contribution < -0.4 is 5.73 Å². The molecule has 0 aliphatic rings. The number of nitrogens with two attached hydrogens (primary N) is 1. The lowest BCUT2D eigenvalue weighted by Gasteiger charge is -1.83. The van der Waals surface area contributed by atoms with Crippen molar-refractivity contribution in [1.29, 1.82) is 0 Å². The molecule has 12 heavy (non-hydrogen) atoms. The Hall–Kier alpha value is -1.75. The summed E-state index contributed by atoms with van der Waals surface area (Å²) in [5.74, 6) is 1.99. The molecule has 0 heterocycles. The highest BCUT2D eigenvalue weighted by molar-refractivity contribution is 5.86. The standard InChI is InChI=1S/C10H11NO/c1-3-9(4-2)7-5-6-8-10(11)12/h1,4-8H,2H3,(H2,11,12)/b7-5-,8-6+,9-4-. The molecule has 0 radical (unpaired) electrons. The van der Waals surface area contributed by atoms with E-state index in [-0.39, 0.29) is 0 Å². The average molecular weight is 161 g/mol. The van der Waals surface area contributed by atoms with Gasteiger partial charge in [-0.15, -0.1) is 6.42 Å². The first-order valence-corrected chi connectivity index (χ1v) is 3.47. The van der Waals surface area contributed by atoms with Crippen molar-refractivity contribution in [2.24, 2.45) is 5.73 Å². The maximum Gasteiger partial charge on any atom is 0.241 e. The van der Waals surface area contributed by atoms with Gasteiger partial charge in [-0.05, 0) is 13.0 Å². The van der Waals surface area contributed by atoms with E-state index in [4.69, 9.17) is 12.2 Å². The third kappa shape index (κ3) is 5.07. The largest absolute Gasteiger partial charge is 0.366 e. The monoisotopic (exact) mass is 161 g/mol. The number of carbonyl (C=O) groups is 1. The van der Waals surface area contributed by atoms with Crippen LogP contribution in [0, 0.1) is 12.3 Å². The molecule has 0 spiro atoms. The van der Waals surface area contributed by atoms with Gasteiger partial charge in [0.2, 0.25) is 5.91 Å². The minimum atomic E-state index is -0.470. The van der Waals surface area contributed by atoms with Crippen LogP contribution in [0.2, 0.25) is 0 Å². The normalized spacial score (nSPS) is 12.2. The lowest BCUT2D eigenvalue weighted by molar-refractivity contribution is -0.113. The van der Waals surface area contributed by atoms with Crippen molar-refractivity contribution in [3.63, 3.8) is 0 Å². The van der Waals surface area contributed by atoms with Gasteiger partial charge >= 0.3 is 0 Å². The first-order valence-electron chi connectivity index (χ1n) is 3.47. The van der Waals surface area contributed by atoms with E-state index in [2.05, 4.69) is 5.92 Å². The van der Waals surface area contributed by atoms with Gasteiger partial charge < -0.3 is 5.73 Å². The van der Waals surface area contributed by atoms with Crippen molar-refractivity contribution in [2.45, 2.75) is 6.92 Å². The van der Waals surface area contributed by atoms with E-state index < -0.39 is 5.91 Å². The topological polar surface area (TPSA) is 43.1 Å². The van der Waals surface area contributed by atoms with Gasteiger partial charge in [-0.1, -0.05) is 24.1 Å². The van der Waals surface area contributed by atoms with Gasteiger partial charge in [0.05, 0.1) is 0 Å². The summed E-state index contributed by atoms with van der Waals surface area (Å²) in [6.45, 7) is 1.84.